The molecule has 1 amide bonds. The summed E-state index contributed by atoms with van der Waals surface area (Å²) in [6.07, 6.45) is 0. The van der Waals surface area contributed by atoms with Gasteiger partial charge in [0.05, 0.1) is 5.02 Å². The Bertz CT molecular complexity index is 1030. The molecule has 0 atom stereocenters. The molecule has 28 heavy (non-hydrogen) atoms. The first-order chi connectivity index (χ1) is 13.3. The highest BCUT2D eigenvalue weighted by atomic mass is 35.5. The van der Waals surface area contributed by atoms with Crippen LogP contribution in [-0.2, 0) is 9.53 Å². The van der Waals surface area contributed by atoms with E-state index in [1.807, 2.05) is 0 Å². The van der Waals surface area contributed by atoms with Crippen molar-refractivity contribution in [1.29, 1.82) is 0 Å². The minimum atomic E-state index is -2.52. The van der Waals surface area contributed by atoms with Crippen LogP contribution >= 0.6 is 46.3 Å². The van der Waals surface area contributed by atoms with Crippen LogP contribution in [-0.4, -0.2) is 24.2 Å². The first kappa shape index (κ1) is 20.9. The van der Waals surface area contributed by atoms with Crippen molar-refractivity contribution in [2.75, 3.05) is 11.9 Å². The van der Waals surface area contributed by atoms with E-state index in [9.17, 15) is 18.4 Å². The Morgan fingerprint density at radius 3 is 2.54 bits per heavy atom. The maximum atomic E-state index is 12.3. The molecular formula is C18H11Cl2F2NO3S2. The fourth-order valence-corrected chi connectivity index (χ4v) is 4.46. The zero-order valence-corrected chi connectivity index (χ0v) is 17.0. The van der Waals surface area contributed by atoms with Gasteiger partial charge in [0.1, 0.15) is 4.88 Å². The van der Waals surface area contributed by atoms with Gasteiger partial charge in [0, 0.05) is 25.7 Å². The number of fused-ring (bicyclic) bond motifs is 1. The second-order valence-electron chi connectivity index (χ2n) is 5.41. The van der Waals surface area contributed by atoms with Crippen molar-refractivity contribution in [1.82, 2.24) is 0 Å². The minimum absolute atomic E-state index is 0.181. The Morgan fingerprint density at radius 1 is 1.14 bits per heavy atom. The average molecular weight is 462 g/mol. The first-order valence-corrected chi connectivity index (χ1v) is 10.2. The van der Waals surface area contributed by atoms with Crippen LogP contribution in [0.1, 0.15) is 9.67 Å². The van der Waals surface area contributed by atoms with Crippen LogP contribution in [0.5, 0.6) is 0 Å². The predicted octanol–water partition coefficient (Wildman–Crippen LogP) is 6.32. The standard InChI is InChI=1S/C18H11Cl2F2NO3S2/c19-9-1-6-12-13(7-9)28-16(15(12)20)17(25)26-8-14(24)23-10-2-4-11(5-3-10)27-18(21)22/h1-7,18H,8H2,(H,23,24). The molecule has 0 saturated heterocycles. The molecule has 0 spiro atoms. The smallest absolute Gasteiger partial charge is 0.350 e. The Kier molecular flexibility index (Phi) is 6.77. The lowest BCUT2D eigenvalue weighted by Crippen LogP contribution is -2.20. The summed E-state index contributed by atoms with van der Waals surface area (Å²) in [7, 11) is 0. The van der Waals surface area contributed by atoms with Gasteiger partial charge in [-0.2, -0.15) is 8.78 Å². The van der Waals surface area contributed by atoms with E-state index in [2.05, 4.69) is 5.32 Å². The monoisotopic (exact) mass is 461 g/mol. The number of nitrogens with one attached hydrogen (secondary N) is 1. The van der Waals surface area contributed by atoms with Crippen LogP contribution in [0.25, 0.3) is 10.1 Å². The summed E-state index contributed by atoms with van der Waals surface area (Å²) >= 11 is 13.7. The van der Waals surface area contributed by atoms with E-state index in [-0.39, 0.29) is 9.90 Å². The molecule has 3 rings (SSSR count). The molecule has 1 N–H and O–H groups in total. The molecule has 4 nitrogen and oxygen atoms in total. The second kappa shape index (κ2) is 9.09. The summed E-state index contributed by atoms with van der Waals surface area (Å²) in [5, 5.41) is 3.95. The summed E-state index contributed by atoms with van der Waals surface area (Å²) in [4.78, 5) is 24.7. The van der Waals surface area contributed by atoms with Crippen LogP contribution in [0.3, 0.4) is 0 Å². The maximum absolute atomic E-state index is 12.3. The van der Waals surface area contributed by atoms with Gasteiger partial charge < -0.3 is 10.1 Å². The normalized spacial score (nSPS) is 11.0. The first-order valence-electron chi connectivity index (χ1n) is 7.73. The average Bonchev–Trinajstić information content (AvgIpc) is 2.97. The number of carbonyl (C=O) groups is 2. The number of halogens is 4. The highest BCUT2D eigenvalue weighted by molar-refractivity contribution is 7.99. The van der Waals surface area contributed by atoms with E-state index in [1.165, 1.54) is 24.3 Å². The van der Waals surface area contributed by atoms with Crippen LogP contribution in [0.15, 0.2) is 47.4 Å². The number of ether oxygens (including phenoxy) is 1. The number of rotatable bonds is 6. The quantitative estimate of drug-likeness (QED) is 0.344. The molecular weight excluding hydrogens is 451 g/mol. The number of amides is 1. The molecule has 0 unspecified atom stereocenters. The van der Waals surface area contributed by atoms with Crippen LogP contribution in [0, 0.1) is 0 Å². The summed E-state index contributed by atoms with van der Waals surface area (Å²) in [6, 6.07) is 10.9. The number of carbonyl (C=O) groups excluding carboxylic acids is 2. The SMILES string of the molecule is O=C(COC(=O)c1sc2cc(Cl)ccc2c1Cl)Nc1ccc(SC(F)F)cc1. The maximum Gasteiger partial charge on any atom is 0.350 e. The lowest BCUT2D eigenvalue weighted by atomic mass is 10.2. The minimum Gasteiger partial charge on any atom is -0.451 e. The van der Waals surface area contributed by atoms with Gasteiger partial charge >= 0.3 is 5.97 Å². The van der Waals surface area contributed by atoms with Gasteiger partial charge in [0.2, 0.25) is 0 Å². The fraction of sp³-hybridized carbons (Fsp3) is 0.111. The van der Waals surface area contributed by atoms with Crippen molar-refractivity contribution in [3.63, 3.8) is 0 Å². The summed E-state index contributed by atoms with van der Waals surface area (Å²) in [5.74, 6) is -3.80. The Hall–Kier alpha value is -1.87. The number of thiophene rings is 1. The van der Waals surface area contributed by atoms with Gasteiger partial charge in [0.25, 0.3) is 11.7 Å². The fourth-order valence-electron chi connectivity index (χ4n) is 2.28. The van der Waals surface area contributed by atoms with Gasteiger partial charge in [-0.3, -0.25) is 4.79 Å². The molecule has 1 aromatic heterocycles. The van der Waals surface area contributed by atoms with Gasteiger partial charge in [-0.25, -0.2) is 4.79 Å². The zero-order chi connectivity index (χ0) is 20.3. The van der Waals surface area contributed by atoms with Crippen molar-refractivity contribution >= 4 is 74.0 Å². The van der Waals surface area contributed by atoms with E-state index in [0.29, 0.717) is 32.8 Å². The van der Waals surface area contributed by atoms with Crippen LogP contribution < -0.4 is 5.32 Å². The summed E-state index contributed by atoms with van der Waals surface area (Å²) < 4.78 is 30.3. The molecule has 0 aliphatic carbocycles. The van der Waals surface area contributed by atoms with Gasteiger partial charge in [-0.1, -0.05) is 41.0 Å². The van der Waals surface area contributed by atoms with Gasteiger partial charge in [0.15, 0.2) is 6.61 Å². The molecule has 10 heteroatoms. The predicted molar refractivity (Wildman–Crippen MR) is 109 cm³/mol. The van der Waals surface area contributed by atoms with Crippen molar-refractivity contribution < 1.29 is 23.1 Å². The van der Waals surface area contributed by atoms with Crippen LogP contribution in [0.4, 0.5) is 14.5 Å². The van der Waals surface area contributed by atoms with E-state index < -0.39 is 24.2 Å². The molecule has 0 aliphatic rings. The largest absolute Gasteiger partial charge is 0.451 e. The van der Waals surface area contributed by atoms with Gasteiger partial charge in [-0.15, -0.1) is 11.3 Å². The molecule has 0 saturated carbocycles. The third kappa shape index (κ3) is 5.14. The molecule has 0 bridgehead atoms. The van der Waals surface area contributed by atoms with E-state index in [4.69, 9.17) is 27.9 Å². The number of anilines is 1. The number of alkyl halides is 2. The van der Waals surface area contributed by atoms with Crippen molar-refractivity contribution in [3.05, 3.63) is 57.4 Å². The van der Waals surface area contributed by atoms with Crippen molar-refractivity contribution in [2.24, 2.45) is 0 Å². The highest BCUT2D eigenvalue weighted by Gasteiger charge is 2.19. The Balaban J connectivity index is 1.58. The molecule has 3 aromatic rings. The molecule has 146 valence electrons. The topological polar surface area (TPSA) is 55.4 Å². The number of esters is 1. The molecule has 1 heterocycles. The Morgan fingerprint density at radius 2 is 1.86 bits per heavy atom. The van der Waals surface area contributed by atoms with E-state index in [0.717, 1.165) is 16.0 Å². The van der Waals surface area contributed by atoms with E-state index >= 15 is 0 Å². The zero-order valence-electron chi connectivity index (χ0n) is 13.9. The summed E-state index contributed by atoms with van der Waals surface area (Å²) in [5.41, 5.74) is 0.397. The molecule has 0 radical (unpaired) electrons. The molecule has 0 aliphatic heterocycles. The molecule has 2 aromatic carbocycles. The van der Waals surface area contributed by atoms with Crippen molar-refractivity contribution in [2.45, 2.75) is 10.7 Å². The third-order valence-electron chi connectivity index (χ3n) is 3.47. The van der Waals surface area contributed by atoms with E-state index in [1.54, 1.807) is 18.2 Å². The Labute approximate surface area is 176 Å². The summed E-state index contributed by atoms with van der Waals surface area (Å²) in [6.45, 7) is -0.516. The number of hydrogen-bond donors (Lipinski definition) is 1. The number of hydrogen-bond acceptors (Lipinski definition) is 5. The van der Waals surface area contributed by atoms with Crippen LogP contribution in [0.2, 0.25) is 10.0 Å². The van der Waals surface area contributed by atoms with Crippen molar-refractivity contribution in [3.8, 4) is 0 Å². The lowest BCUT2D eigenvalue weighted by molar-refractivity contribution is -0.119. The number of thioether (sulfide) groups is 1. The second-order valence-corrected chi connectivity index (χ2v) is 8.34. The van der Waals surface area contributed by atoms with Gasteiger partial charge in [-0.05, 0) is 36.4 Å². The third-order valence-corrected chi connectivity index (χ3v) is 6.07. The molecule has 0 fully saturated rings. The highest BCUT2D eigenvalue weighted by Crippen LogP contribution is 2.37. The number of benzene rings is 2. The lowest BCUT2D eigenvalue weighted by Gasteiger charge is -2.07.